The number of aryl methyl sites for hydroxylation is 1. The first-order chi connectivity index (χ1) is 14.4. The summed E-state index contributed by atoms with van der Waals surface area (Å²) < 4.78 is 21.0. The summed E-state index contributed by atoms with van der Waals surface area (Å²) in [5, 5.41) is 9.26. The average molecular weight is 410 g/mol. The summed E-state index contributed by atoms with van der Waals surface area (Å²) >= 11 is 0. The van der Waals surface area contributed by atoms with Crippen molar-refractivity contribution in [1.82, 2.24) is 19.9 Å². The van der Waals surface area contributed by atoms with E-state index in [1.807, 2.05) is 6.92 Å². The molecule has 2 aliphatic heterocycles. The lowest BCUT2D eigenvalue weighted by Crippen LogP contribution is -2.56. The van der Waals surface area contributed by atoms with E-state index in [0.29, 0.717) is 42.3 Å². The second-order valence-electron chi connectivity index (χ2n) is 8.00. The minimum absolute atomic E-state index is 0.0619. The zero-order valence-corrected chi connectivity index (χ0v) is 17.0. The zero-order valence-electron chi connectivity index (χ0n) is 17.0. The lowest BCUT2D eigenvalue weighted by Gasteiger charge is -2.43. The summed E-state index contributed by atoms with van der Waals surface area (Å²) in [4.78, 5) is 29.4. The molecule has 156 valence electrons. The van der Waals surface area contributed by atoms with E-state index in [-0.39, 0.29) is 25.6 Å². The number of amides is 1. The first kappa shape index (κ1) is 20.0. The molecule has 0 aliphatic carbocycles. The molecule has 8 nitrogen and oxygen atoms in total. The number of carbonyl (C=O) groups excluding carboxylic acids is 1. The molecule has 2 aromatic rings. The Morgan fingerprint density at radius 1 is 1.30 bits per heavy atom. The van der Waals surface area contributed by atoms with Gasteiger partial charge in [-0.15, -0.1) is 0 Å². The Kier molecular flexibility index (Phi) is 5.24. The van der Waals surface area contributed by atoms with E-state index in [1.54, 1.807) is 35.3 Å². The quantitative estimate of drug-likeness (QED) is 0.747. The number of pyridine rings is 1. The highest BCUT2D eigenvalue weighted by Gasteiger charge is 2.48. The monoisotopic (exact) mass is 410 g/mol. The summed E-state index contributed by atoms with van der Waals surface area (Å²) in [7, 11) is 0. The molecule has 4 heterocycles. The van der Waals surface area contributed by atoms with E-state index in [1.165, 1.54) is 6.20 Å². The van der Waals surface area contributed by atoms with Gasteiger partial charge in [0.05, 0.1) is 25.0 Å². The first-order valence-corrected chi connectivity index (χ1v) is 9.89. The number of anilines is 1. The number of hydrogen-bond donors (Lipinski definition) is 0. The molecular weight excluding hydrogens is 387 g/mol. The molecule has 0 bridgehead atoms. The van der Waals surface area contributed by atoms with E-state index < -0.39 is 11.6 Å². The molecule has 0 N–H and O–H groups in total. The van der Waals surface area contributed by atoms with Crippen LogP contribution in [0.4, 0.5) is 10.3 Å². The fourth-order valence-electron chi connectivity index (χ4n) is 3.91. The Morgan fingerprint density at radius 3 is 2.77 bits per heavy atom. The van der Waals surface area contributed by atoms with Crippen LogP contribution in [0.2, 0.25) is 0 Å². The molecule has 2 aromatic heterocycles. The van der Waals surface area contributed by atoms with Crippen LogP contribution < -0.4 is 9.64 Å². The van der Waals surface area contributed by atoms with Crippen molar-refractivity contribution in [2.24, 2.45) is 5.41 Å². The maximum atomic E-state index is 15.3. The molecule has 4 rings (SSSR count). The van der Waals surface area contributed by atoms with Crippen molar-refractivity contribution >= 4 is 11.9 Å². The summed E-state index contributed by atoms with van der Waals surface area (Å²) in [6, 6.07) is 2.06. The van der Waals surface area contributed by atoms with Crippen LogP contribution in [0.1, 0.15) is 30.0 Å². The van der Waals surface area contributed by atoms with Crippen molar-refractivity contribution < 1.29 is 13.9 Å². The van der Waals surface area contributed by atoms with Crippen molar-refractivity contribution in [2.75, 3.05) is 31.1 Å². The number of ether oxygens (including phenoxy) is 1. The van der Waals surface area contributed by atoms with Crippen LogP contribution in [0.3, 0.4) is 0 Å². The molecule has 9 heteroatoms. The molecule has 0 unspecified atom stereocenters. The Labute approximate surface area is 174 Å². The van der Waals surface area contributed by atoms with E-state index in [9.17, 15) is 10.1 Å². The molecule has 30 heavy (non-hydrogen) atoms. The highest BCUT2D eigenvalue weighted by atomic mass is 19.1. The number of nitrogens with zero attached hydrogens (tertiary/aromatic N) is 6. The lowest BCUT2D eigenvalue weighted by molar-refractivity contribution is -0.147. The topological polar surface area (TPSA) is 95.2 Å². The number of piperidine rings is 1. The molecule has 0 saturated carbocycles. The predicted molar refractivity (Wildman–Crippen MR) is 106 cm³/mol. The van der Waals surface area contributed by atoms with Gasteiger partial charge < -0.3 is 14.5 Å². The minimum atomic E-state index is -1.36. The van der Waals surface area contributed by atoms with Crippen molar-refractivity contribution in [3.05, 3.63) is 41.5 Å². The highest BCUT2D eigenvalue weighted by molar-refractivity contribution is 5.83. The van der Waals surface area contributed by atoms with E-state index in [0.717, 1.165) is 5.56 Å². The predicted octanol–water partition coefficient (Wildman–Crippen LogP) is 2.03. The van der Waals surface area contributed by atoms with Gasteiger partial charge in [0.2, 0.25) is 11.9 Å². The van der Waals surface area contributed by atoms with Crippen LogP contribution in [0.15, 0.2) is 24.8 Å². The van der Waals surface area contributed by atoms with Gasteiger partial charge >= 0.3 is 0 Å². The van der Waals surface area contributed by atoms with Gasteiger partial charge in [-0.3, -0.25) is 9.78 Å². The van der Waals surface area contributed by atoms with Gasteiger partial charge in [0.15, 0.2) is 0 Å². The minimum Gasteiger partial charge on any atom is -0.490 e. The summed E-state index contributed by atoms with van der Waals surface area (Å²) in [5.74, 6) is 0.680. The molecule has 1 amide bonds. The summed E-state index contributed by atoms with van der Waals surface area (Å²) in [6.07, 6.45) is 5.42. The highest BCUT2D eigenvalue weighted by Crippen LogP contribution is 2.38. The summed E-state index contributed by atoms with van der Waals surface area (Å²) in [6.45, 7) is 4.94. The third-order valence-electron chi connectivity index (χ3n) is 5.86. The molecule has 0 aromatic carbocycles. The van der Waals surface area contributed by atoms with Crippen molar-refractivity contribution in [2.45, 2.75) is 33.0 Å². The Balaban J connectivity index is 1.51. The second kappa shape index (κ2) is 7.86. The van der Waals surface area contributed by atoms with Crippen LogP contribution in [0, 0.1) is 23.7 Å². The maximum Gasteiger partial charge on any atom is 0.232 e. The Morgan fingerprint density at radius 2 is 2.07 bits per heavy atom. The molecular formula is C21H23FN6O2. The Hall–Kier alpha value is -3.28. The van der Waals surface area contributed by atoms with Gasteiger partial charge in [0, 0.05) is 36.9 Å². The smallest absolute Gasteiger partial charge is 0.232 e. The molecule has 0 radical (unpaired) electrons. The SMILES string of the molecule is Cc1cnc(N2CC[C@@](C)(C(=O)N3CCOc4c(C#N)cncc4C3)[C@@H](F)C2)nc1. The fourth-order valence-corrected chi connectivity index (χ4v) is 3.91. The van der Waals surface area contributed by atoms with E-state index in [2.05, 4.69) is 21.0 Å². The summed E-state index contributed by atoms with van der Waals surface area (Å²) in [5.41, 5.74) is 0.781. The van der Waals surface area contributed by atoms with Crippen LogP contribution >= 0.6 is 0 Å². The third kappa shape index (κ3) is 3.54. The van der Waals surface area contributed by atoms with Crippen LogP contribution in [0.5, 0.6) is 5.75 Å². The first-order valence-electron chi connectivity index (χ1n) is 9.89. The second-order valence-corrected chi connectivity index (χ2v) is 8.00. The zero-order chi connectivity index (χ0) is 21.3. The van der Waals surface area contributed by atoms with E-state index in [4.69, 9.17) is 4.74 Å². The Bertz CT molecular complexity index is 992. The molecule has 2 aliphatic rings. The van der Waals surface area contributed by atoms with Gasteiger partial charge in [0.25, 0.3) is 0 Å². The number of fused-ring (bicyclic) bond motifs is 1. The number of carbonyl (C=O) groups is 1. The number of nitriles is 1. The standard InChI is InChI=1S/C21H23FN6O2/c1-14-8-25-20(26-9-14)28-4-3-21(2,17(22)13-28)19(29)27-5-6-30-18-15(7-23)10-24-11-16(18)12-27/h8-11,17H,3-6,12-13H2,1-2H3/t17-,21+/m0/s1. The van der Waals surface area contributed by atoms with Crippen molar-refractivity contribution in [1.29, 1.82) is 5.26 Å². The largest absolute Gasteiger partial charge is 0.490 e. The maximum absolute atomic E-state index is 15.3. The van der Waals surface area contributed by atoms with E-state index >= 15 is 4.39 Å². The normalized spacial score (nSPS) is 23.7. The molecule has 1 fully saturated rings. The van der Waals surface area contributed by atoms with Crippen LogP contribution in [-0.2, 0) is 11.3 Å². The van der Waals surface area contributed by atoms with Crippen LogP contribution in [0.25, 0.3) is 0 Å². The van der Waals surface area contributed by atoms with Crippen molar-refractivity contribution in [3.63, 3.8) is 0 Å². The van der Waals surface area contributed by atoms with Gasteiger partial charge in [-0.25, -0.2) is 14.4 Å². The van der Waals surface area contributed by atoms with Crippen molar-refractivity contribution in [3.8, 4) is 11.8 Å². The van der Waals surface area contributed by atoms with Gasteiger partial charge in [-0.05, 0) is 25.8 Å². The molecule has 0 spiro atoms. The van der Waals surface area contributed by atoms with Gasteiger partial charge in [-0.1, -0.05) is 0 Å². The third-order valence-corrected chi connectivity index (χ3v) is 5.86. The number of halogens is 1. The number of alkyl halides is 1. The van der Waals surface area contributed by atoms with Gasteiger partial charge in [0.1, 0.15) is 30.2 Å². The van der Waals surface area contributed by atoms with Crippen LogP contribution in [-0.4, -0.2) is 58.2 Å². The lowest BCUT2D eigenvalue weighted by atomic mass is 9.77. The average Bonchev–Trinajstić information content (AvgIpc) is 2.98. The fraction of sp³-hybridized carbons (Fsp3) is 0.476. The number of hydrogen-bond acceptors (Lipinski definition) is 7. The van der Waals surface area contributed by atoms with Gasteiger partial charge in [-0.2, -0.15) is 5.26 Å². The number of aromatic nitrogens is 3. The molecule has 1 saturated heterocycles. The number of rotatable bonds is 2. The molecule has 2 atom stereocenters.